The minimum absolute atomic E-state index is 0.0266. The first-order valence-corrected chi connectivity index (χ1v) is 11.0. The van der Waals surface area contributed by atoms with Crippen molar-refractivity contribution in [3.8, 4) is 11.7 Å². The quantitative estimate of drug-likeness (QED) is 0.529. The number of ether oxygens (including phenoxy) is 1. The highest BCUT2D eigenvalue weighted by atomic mass is 35.5. The van der Waals surface area contributed by atoms with Gasteiger partial charge in [-0.05, 0) is 29.7 Å². The molecule has 10 nitrogen and oxygen atoms in total. The summed E-state index contributed by atoms with van der Waals surface area (Å²) >= 11 is 6.13. The first kappa shape index (κ1) is 22.5. The Morgan fingerprint density at radius 3 is 2.65 bits per heavy atom. The molecular weight excluding hydrogens is 444 g/mol. The Morgan fingerprint density at radius 1 is 1.26 bits per heavy atom. The van der Waals surface area contributed by atoms with Gasteiger partial charge in [0.25, 0.3) is 15.9 Å². The van der Waals surface area contributed by atoms with Gasteiger partial charge in [0.15, 0.2) is 5.82 Å². The van der Waals surface area contributed by atoms with E-state index in [0.29, 0.717) is 18.3 Å². The van der Waals surface area contributed by atoms with Gasteiger partial charge in [-0.2, -0.15) is 0 Å². The van der Waals surface area contributed by atoms with E-state index in [1.54, 1.807) is 12.3 Å². The summed E-state index contributed by atoms with van der Waals surface area (Å²) in [5.74, 6) is -0.450. The normalized spacial score (nSPS) is 11.9. The lowest BCUT2D eigenvalue weighted by atomic mass is 9.99. The summed E-state index contributed by atoms with van der Waals surface area (Å²) in [6.45, 7) is 6.60. The monoisotopic (exact) mass is 464 g/mol. The SMILES string of the molecule is CC(C)(C)COc1ccn(-c2ccc(C(=O)NS(=O)(=O)c3cccnc3N)c(Cl)n2)n1. The topological polar surface area (TPSA) is 142 Å². The van der Waals surface area contributed by atoms with Crippen LogP contribution in [0.1, 0.15) is 31.1 Å². The maximum Gasteiger partial charge on any atom is 0.268 e. The molecule has 3 N–H and O–H groups in total. The van der Waals surface area contributed by atoms with Crippen LogP contribution in [0.3, 0.4) is 0 Å². The third kappa shape index (κ3) is 5.50. The van der Waals surface area contributed by atoms with Gasteiger partial charge in [-0.15, -0.1) is 5.10 Å². The summed E-state index contributed by atoms with van der Waals surface area (Å²) in [6.07, 6.45) is 2.97. The summed E-state index contributed by atoms with van der Waals surface area (Å²) in [7, 11) is -4.24. The molecule has 1 amide bonds. The van der Waals surface area contributed by atoms with Crippen LogP contribution in [0.2, 0.25) is 5.15 Å². The average molecular weight is 465 g/mol. The zero-order chi connectivity index (χ0) is 22.8. The summed E-state index contributed by atoms with van der Waals surface area (Å²) in [6, 6.07) is 7.12. The van der Waals surface area contributed by atoms with Gasteiger partial charge in [0.2, 0.25) is 5.88 Å². The van der Waals surface area contributed by atoms with Crippen molar-refractivity contribution in [3.05, 3.63) is 53.4 Å². The summed E-state index contributed by atoms with van der Waals surface area (Å²) < 4.78 is 33.8. The molecule has 3 rings (SSSR count). The van der Waals surface area contributed by atoms with Gasteiger partial charge < -0.3 is 10.5 Å². The molecule has 0 atom stereocenters. The van der Waals surface area contributed by atoms with Gasteiger partial charge >= 0.3 is 0 Å². The van der Waals surface area contributed by atoms with Crippen molar-refractivity contribution in [1.82, 2.24) is 24.5 Å². The van der Waals surface area contributed by atoms with E-state index >= 15 is 0 Å². The molecule has 0 saturated carbocycles. The molecule has 164 valence electrons. The first-order valence-electron chi connectivity index (χ1n) is 9.09. The Hall–Kier alpha value is -3.18. The summed E-state index contributed by atoms with van der Waals surface area (Å²) in [5.41, 5.74) is 5.42. The summed E-state index contributed by atoms with van der Waals surface area (Å²) in [4.78, 5) is 20.0. The highest BCUT2D eigenvalue weighted by Crippen LogP contribution is 2.20. The number of rotatable bonds is 6. The third-order valence-electron chi connectivity index (χ3n) is 3.85. The predicted octanol–water partition coefficient (Wildman–Crippen LogP) is 2.44. The number of nitrogens with two attached hydrogens (primary N) is 1. The van der Waals surface area contributed by atoms with Gasteiger partial charge in [0, 0.05) is 18.5 Å². The molecular formula is C19H21ClN6O4S. The minimum atomic E-state index is -4.24. The lowest BCUT2D eigenvalue weighted by Crippen LogP contribution is -2.31. The Labute approximate surface area is 184 Å². The number of anilines is 1. The largest absolute Gasteiger partial charge is 0.476 e. The third-order valence-corrected chi connectivity index (χ3v) is 5.51. The van der Waals surface area contributed by atoms with Crippen LogP contribution in [0.5, 0.6) is 5.88 Å². The number of halogens is 1. The molecule has 0 fully saturated rings. The van der Waals surface area contributed by atoms with Gasteiger partial charge in [0.05, 0.1) is 12.2 Å². The predicted molar refractivity (Wildman–Crippen MR) is 115 cm³/mol. The number of amides is 1. The number of carbonyl (C=O) groups is 1. The standard InChI is InChI=1S/C19H21ClN6O4S/c1-19(2,3)11-30-15-8-10-26(24-15)14-7-6-12(16(20)23-14)18(27)25-31(28,29)13-5-4-9-22-17(13)21/h4-10H,11H2,1-3H3,(H2,21,22)(H,25,27). The fourth-order valence-corrected chi connectivity index (χ4v) is 3.67. The van der Waals surface area contributed by atoms with Crippen molar-refractivity contribution in [1.29, 1.82) is 0 Å². The van der Waals surface area contributed by atoms with Gasteiger partial charge in [0.1, 0.15) is 15.9 Å². The number of pyridine rings is 2. The van der Waals surface area contributed by atoms with Crippen molar-refractivity contribution in [2.75, 3.05) is 12.3 Å². The maximum atomic E-state index is 12.5. The number of carbonyl (C=O) groups excluding carboxylic acids is 1. The minimum Gasteiger partial charge on any atom is -0.476 e. The molecule has 0 aromatic carbocycles. The van der Waals surface area contributed by atoms with E-state index in [9.17, 15) is 13.2 Å². The van der Waals surface area contributed by atoms with Crippen molar-refractivity contribution in [3.63, 3.8) is 0 Å². The second kappa shape index (κ2) is 8.52. The van der Waals surface area contributed by atoms with E-state index in [-0.39, 0.29) is 26.8 Å². The second-order valence-corrected chi connectivity index (χ2v) is 9.79. The van der Waals surface area contributed by atoms with Crippen LogP contribution < -0.4 is 15.2 Å². The molecule has 0 aliphatic rings. The molecule has 0 unspecified atom stereocenters. The van der Waals surface area contributed by atoms with Crippen LogP contribution in [0.4, 0.5) is 5.82 Å². The lowest BCUT2D eigenvalue weighted by molar-refractivity contribution is 0.0981. The fourth-order valence-electron chi connectivity index (χ4n) is 2.39. The van der Waals surface area contributed by atoms with Crippen LogP contribution in [0.15, 0.2) is 47.6 Å². The number of nitrogen functional groups attached to an aromatic ring is 1. The number of hydrogen-bond donors (Lipinski definition) is 2. The molecule has 31 heavy (non-hydrogen) atoms. The summed E-state index contributed by atoms with van der Waals surface area (Å²) in [5, 5.41) is 4.07. The highest BCUT2D eigenvalue weighted by molar-refractivity contribution is 7.90. The number of aromatic nitrogens is 4. The zero-order valence-corrected chi connectivity index (χ0v) is 18.6. The van der Waals surface area contributed by atoms with Gasteiger partial charge in [-0.3, -0.25) is 4.79 Å². The molecule has 0 bridgehead atoms. The lowest BCUT2D eigenvalue weighted by Gasteiger charge is -2.17. The Bertz CT molecular complexity index is 1220. The van der Waals surface area contributed by atoms with E-state index in [1.807, 2.05) is 25.5 Å². The molecule has 0 spiro atoms. The van der Waals surface area contributed by atoms with E-state index < -0.39 is 15.9 Å². The van der Waals surface area contributed by atoms with E-state index in [4.69, 9.17) is 22.1 Å². The number of hydrogen-bond acceptors (Lipinski definition) is 8. The Balaban J connectivity index is 1.77. The highest BCUT2D eigenvalue weighted by Gasteiger charge is 2.23. The molecule has 0 aliphatic heterocycles. The molecule has 3 heterocycles. The number of sulfonamides is 1. The molecule has 3 aromatic heterocycles. The smallest absolute Gasteiger partial charge is 0.268 e. The first-order chi connectivity index (χ1) is 14.5. The molecule has 0 radical (unpaired) electrons. The van der Waals surface area contributed by atoms with Crippen LogP contribution in [0, 0.1) is 5.41 Å². The fraction of sp³-hybridized carbons (Fsp3) is 0.263. The van der Waals surface area contributed by atoms with Crippen molar-refractivity contribution in [2.24, 2.45) is 5.41 Å². The molecule has 12 heteroatoms. The Morgan fingerprint density at radius 2 is 2.00 bits per heavy atom. The average Bonchev–Trinajstić information content (AvgIpc) is 3.14. The van der Waals surface area contributed by atoms with Crippen molar-refractivity contribution in [2.45, 2.75) is 25.7 Å². The van der Waals surface area contributed by atoms with Crippen LogP contribution in [0.25, 0.3) is 5.82 Å². The van der Waals surface area contributed by atoms with Crippen LogP contribution >= 0.6 is 11.6 Å². The van der Waals surface area contributed by atoms with Gasteiger partial charge in [-0.1, -0.05) is 32.4 Å². The van der Waals surface area contributed by atoms with Crippen LogP contribution in [-0.2, 0) is 10.0 Å². The molecule has 0 aliphatic carbocycles. The van der Waals surface area contributed by atoms with E-state index in [1.165, 1.54) is 35.1 Å². The number of nitrogens with one attached hydrogen (secondary N) is 1. The van der Waals surface area contributed by atoms with Crippen molar-refractivity contribution >= 4 is 33.3 Å². The van der Waals surface area contributed by atoms with Crippen LogP contribution in [-0.4, -0.2) is 40.7 Å². The number of nitrogens with zero attached hydrogens (tertiary/aromatic N) is 4. The van der Waals surface area contributed by atoms with Gasteiger partial charge in [-0.25, -0.2) is 27.8 Å². The Kier molecular flexibility index (Phi) is 6.18. The zero-order valence-electron chi connectivity index (χ0n) is 17.0. The molecule has 0 saturated heterocycles. The van der Waals surface area contributed by atoms with Crippen molar-refractivity contribution < 1.29 is 17.9 Å². The van der Waals surface area contributed by atoms with E-state index in [2.05, 4.69) is 15.1 Å². The molecule has 3 aromatic rings. The maximum absolute atomic E-state index is 12.5. The second-order valence-electron chi connectivity index (χ2n) is 7.78. The van der Waals surface area contributed by atoms with E-state index in [0.717, 1.165) is 0 Å².